The van der Waals surface area contributed by atoms with Crippen LogP contribution in [0.5, 0.6) is 0 Å². The van der Waals surface area contributed by atoms with Gasteiger partial charge in [-0.1, -0.05) is 30.3 Å². The second kappa shape index (κ2) is 6.15. The van der Waals surface area contributed by atoms with E-state index in [1.807, 2.05) is 41.8 Å². The molecule has 0 atom stereocenters. The second-order valence-corrected chi connectivity index (χ2v) is 6.73. The Morgan fingerprint density at radius 2 is 2.04 bits per heavy atom. The van der Waals surface area contributed by atoms with Gasteiger partial charge in [-0.15, -0.1) is 11.3 Å². The van der Waals surface area contributed by atoms with Gasteiger partial charge in [0.2, 0.25) is 0 Å². The van der Waals surface area contributed by atoms with Crippen LogP contribution >= 0.6 is 11.3 Å². The first-order valence-electron chi connectivity index (χ1n) is 7.95. The summed E-state index contributed by atoms with van der Waals surface area (Å²) in [4.78, 5) is 29.7. The van der Waals surface area contributed by atoms with Crippen molar-refractivity contribution in [3.05, 3.63) is 73.5 Å². The lowest BCUT2D eigenvalue weighted by Crippen LogP contribution is -2.42. The van der Waals surface area contributed by atoms with Crippen LogP contribution in [0.4, 0.5) is 0 Å². The minimum absolute atomic E-state index is 0.0793. The zero-order chi connectivity index (χ0) is 17.4. The SMILES string of the molecule is N#Cc1c2n(c(=O)n(Cc3csc(-c4ccccc4)n3)c1=O)CCC2. The molecule has 1 aromatic carbocycles. The number of fused-ring (bicyclic) bond motifs is 1. The van der Waals surface area contributed by atoms with Gasteiger partial charge in [-0.05, 0) is 12.8 Å². The summed E-state index contributed by atoms with van der Waals surface area (Å²) < 4.78 is 2.67. The lowest BCUT2D eigenvalue weighted by atomic mass is 10.2. The smallest absolute Gasteiger partial charge is 0.296 e. The molecule has 3 heterocycles. The topological polar surface area (TPSA) is 80.7 Å². The van der Waals surface area contributed by atoms with Crippen LogP contribution in [0, 0.1) is 11.3 Å². The van der Waals surface area contributed by atoms with E-state index in [2.05, 4.69) is 4.98 Å². The van der Waals surface area contributed by atoms with E-state index < -0.39 is 5.56 Å². The van der Waals surface area contributed by atoms with Crippen LogP contribution in [0.25, 0.3) is 10.6 Å². The van der Waals surface area contributed by atoms with Gasteiger partial charge in [-0.25, -0.2) is 9.78 Å². The number of benzene rings is 1. The largest absolute Gasteiger partial charge is 0.331 e. The summed E-state index contributed by atoms with van der Waals surface area (Å²) in [5.41, 5.74) is 1.41. The van der Waals surface area contributed by atoms with Crippen LogP contribution in [-0.2, 0) is 19.5 Å². The molecule has 0 unspecified atom stereocenters. The van der Waals surface area contributed by atoms with E-state index in [1.165, 1.54) is 11.3 Å². The van der Waals surface area contributed by atoms with E-state index in [0.717, 1.165) is 21.6 Å². The van der Waals surface area contributed by atoms with Crippen LogP contribution in [-0.4, -0.2) is 14.1 Å². The Morgan fingerprint density at radius 3 is 2.80 bits per heavy atom. The number of thiazole rings is 1. The zero-order valence-corrected chi connectivity index (χ0v) is 14.1. The van der Waals surface area contributed by atoms with Crippen molar-refractivity contribution in [2.75, 3.05) is 0 Å². The normalized spacial score (nSPS) is 12.8. The molecule has 0 saturated heterocycles. The molecule has 0 amide bonds. The Bertz CT molecular complexity index is 1100. The molecule has 1 aliphatic rings. The Hall–Kier alpha value is -2.98. The van der Waals surface area contributed by atoms with Crippen LogP contribution in [0.3, 0.4) is 0 Å². The highest BCUT2D eigenvalue weighted by Gasteiger charge is 2.22. The summed E-state index contributed by atoms with van der Waals surface area (Å²) in [6.45, 7) is 0.630. The average molecular weight is 350 g/mol. The molecule has 1 aliphatic heterocycles. The Labute approximate surface area is 147 Å². The van der Waals surface area contributed by atoms with Crippen LogP contribution < -0.4 is 11.2 Å². The van der Waals surface area contributed by atoms with Gasteiger partial charge in [0.15, 0.2) is 0 Å². The molecule has 25 heavy (non-hydrogen) atoms. The number of rotatable bonds is 3. The lowest BCUT2D eigenvalue weighted by Gasteiger charge is -2.09. The monoisotopic (exact) mass is 350 g/mol. The Kier molecular flexibility index (Phi) is 3.82. The number of hydrogen-bond donors (Lipinski definition) is 0. The van der Waals surface area contributed by atoms with E-state index in [9.17, 15) is 14.9 Å². The molecular formula is C18H14N4O2S. The summed E-state index contributed by atoms with van der Waals surface area (Å²) in [6.07, 6.45) is 1.38. The summed E-state index contributed by atoms with van der Waals surface area (Å²) in [7, 11) is 0. The molecule has 0 spiro atoms. The molecule has 124 valence electrons. The van der Waals surface area contributed by atoms with Gasteiger partial charge in [0.05, 0.1) is 12.2 Å². The van der Waals surface area contributed by atoms with Crippen LogP contribution in [0.15, 0.2) is 45.3 Å². The predicted octanol–water partition coefficient (Wildman–Crippen LogP) is 2.00. The van der Waals surface area contributed by atoms with Crippen molar-refractivity contribution in [2.24, 2.45) is 0 Å². The summed E-state index contributed by atoms with van der Waals surface area (Å²) >= 11 is 1.47. The molecule has 0 fully saturated rings. The maximum absolute atomic E-state index is 12.6. The van der Waals surface area contributed by atoms with Crippen molar-refractivity contribution in [3.8, 4) is 16.6 Å². The van der Waals surface area contributed by atoms with Gasteiger partial charge in [0, 0.05) is 23.2 Å². The molecule has 6 nitrogen and oxygen atoms in total. The fourth-order valence-electron chi connectivity index (χ4n) is 3.14. The van der Waals surface area contributed by atoms with Gasteiger partial charge >= 0.3 is 5.69 Å². The highest BCUT2D eigenvalue weighted by atomic mass is 32.1. The van der Waals surface area contributed by atoms with Crippen LogP contribution in [0.1, 0.15) is 23.4 Å². The van der Waals surface area contributed by atoms with E-state index in [-0.39, 0.29) is 17.8 Å². The predicted molar refractivity (Wildman–Crippen MR) is 94.7 cm³/mol. The van der Waals surface area contributed by atoms with Crippen molar-refractivity contribution >= 4 is 11.3 Å². The summed E-state index contributed by atoms with van der Waals surface area (Å²) in [5, 5.41) is 12.0. The Morgan fingerprint density at radius 1 is 1.24 bits per heavy atom. The fraction of sp³-hybridized carbons (Fsp3) is 0.222. The first-order valence-corrected chi connectivity index (χ1v) is 8.83. The minimum atomic E-state index is -0.519. The molecule has 4 rings (SSSR count). The highest BCUT2D eigenvalue weighted by molar-refractivity contribution is 7.13. The van der Waals surface area contributed by atoms with Crippen molar-refractivity contribution < 1.29 is 0 Å². The lowest BCUT2D eigenvalue weighted by molar-refractivity contribution is 0.598. The number of aromatic nitrogens is 3. The number of nitriles is 1. The van der Waals surface area contributed by atoms with Gasteiger partial charge in [-0.2, -0.15) is 5.26 Å². The van der Waals surface area contributed by atoms with E-state index in [0.29, 0.717) is 24.4 Å². The molecular weight excluding hydrogens is 336 g/mol. The molecule has 0 aliphatic carbocycles. The molecule has 2 aromatic heterocycles. The first-order chi connectivity index (χ1) is 12.2. The molecule has 0 radical (unpaired) electrons. The minimum Gasteiger partial charge on any atom is -0.296 e. The standard InChI is InChI=1S/C18H14N4O2S/c19-9-14-15-7-4-8-21(15)18(24)22(17(14)23)10-13-11-25-16(20-13)12-5-2-1-3-6-12/h1-3,5-6,11H,4,7-8,10H2. The average Bonchev–Trinajstić information content (AvgIpc) is 3.30. The third-order valence-corrected chi connectivity index (χ3v) is 5.28. The van der Waals surface area contributed by atoms with Crippen LogP contribution in [0.2, 0.25) is 0 Å². The summed E-state index contributed by atoms with van der Waals surface area (Å²) in [6, 6.07) is 11.7. The second-order valence-electron chi connectivity index (χ2n) is 5.87. The number of nitrogens with zero attached hydrogens (tertiary/aromatic N) is 4. The summed E-state index contributed by atoms with van der Waals surface area (Å²) in [5.74, 6) is 0. The quantitative estimate of drug-likeness (QED) is 0.723. The fourth-order valence-corrected chi connectivity index (χ4v) is 3.96. The highest BCUT2D eigenvalue weighted by Crippen LogP contribution is 2.23. The zero-order valence-electron chi connectivity index (χ0n) is 13.3. The third kappa shape index (κ3) is 2.61. The molecule has 0 saturated carbocycles. The molecule has 3 aromatic rings. The van der Waals surface area contributed by atoms with Gasteiger partial charge in [0.25, 0.3) is 5.56 Å². The van der Waals surface area contributed by atoms with Gasteiger partial charge in [0.1, 0.15) is 16.6 Å². The van der Waals surface area contributed by atoms with Crippen molar-refractivity contribution in [2.45, 2.75) is 25.9 Å². The van der Waals surface area contributed by atoms with E-state index >= 15 is 0 Å². The third-order valence-electron chi connectivity index (χ3n) is 4.33. The maximum atomic E-state index is 12.6. The van der Waals surface area contributed by atoms with Gasteiger partial charge in [-0.3, -0.25) is 13.9 Å². The van der Waals surface area contributed by atoms with Crippen molar-refractivity contribution in [1.29, 1.82) is 5.26 Å². The van der Waals surface area contributed by atoms with Gasteiger partial charge < -0.3 is 0 Å². The van der Waals surface area contributed by atoms with E-state index in [4.69, 9.17) is 0 Å². The molecule has 7 heteroatoms. The number of hydrogen-bond acceptors (Lipinski definition) is 5. The first kappa shape index (κ1) is 15.5. The van der Waals surface area contributed by atoms with Crippen molar-refractivity contribution in [3.63, 3.8) is 0 Å². The van der Waals surface area contributed by atoms with E-state index in [1.54, 1.807) is 4.57 Å². The molecule has 0 bridgehead atoms. The Balaban J connectivity index is 1.76. The molecule has 0 N–H and O–H groups in total. The van der Waals surface area contributed by atoms with Crippen molar-refractivity contribution in [1.82, 2.24) is 14.1 Å². The maximum Gasteiger partial charge on any atom is 0.331 e.